The Morgan fingerprint density at radius 1 is 1.43 bits per heavy atom. The summed E-state index contributed by atoms with van der Waals surface area (Å²) < 4.78 is 0. The van der Waals surface area contributed by atoms with Crippen LogP contribution in [0.2, 0.25) is 0 Å². The van der Waals surface area contributed by atoms with Crippen molar-refractivity contribution in [3.8, 4) is 0 Å². The lowest BCUT2D eigenvalue weighted by atomic mass is 10.1. The summed E-state index contributed by atoms with van der Waals surface area (Å²) in [5.41, 5.74) is 2.32. The minimum absolute atomic E-state index is 0. The molecule has 0 saturated carbocycles. The second-order valence-corrected chi connectivity index (χ2v) is 5.34. The van der Waals surface area contributed by atoms with E-state index in [0.717, 1.165) is 55.8 Å². The molecule has 0 bridgehead atoms. The van der Waals surface area contributed by atoms with Crippen LogP contribution in [-0.2, 0) is 6.42 Å². The van der Waals surface area contributed by atoms with Crippen LogP contribution >= 0.6 is 12.4 Å². The number of amides is 1. The van der Waals surface area contributed by atoms with E-state index in [0.29, 0.717) is 6.04 Å². The molecule has 2 heterocycles. The fraction of sp³-hybridized carbons (Fsp3) is 0.667. The van der Waals surface area contributed by atoms with Crippen molar-refractivity contribution in [3.05, 3.63) is 23.0 Å². The van der Waals surface area contributed by atoms with Gasteiger partial charge in [-0.05, 0) is 38.8 Å². The smallest absolute Gasteiger partial charge is 0.256 e. The van der Waals surface area contributed by atoms with E-state index in [2.05, 4.69) is 22.4 Å². The van der Waals surface area contributed by atoms with Crippen molar-refractivity contribution < 1.29 is 4.79 Å². The highest BCUT2D eigenvalue weighted by atomic mass is 35.5. The average Bonchev–Trinajstić information content (AvgIpc) is 2.98. The van der Waals surface area contributed by atoms with Crippen molar-refractivity contribution in [1.29, 1.82) is 0 Å². The second-order valence-electron chi connectivity index (χ2n) is 5.34. The Hall–Kier alpha value is -1.20. The zero-order valence-corrected chi connectivity index (χ0v) is 13.9. The van der Waals surface area contributed by atoms with Crippen LogP contribution in [0.3, 0.4) is 0 Å². The zero-order chi connectivity index (χ0) is 14.5. The van der Waals surface area contributed by atoms with Gasteiger partial charge in [0.05, 0.1) is 17.0 Å². The minimum Gasteiger partial charge on any atom is -0.334 e. The summed E-state index contributed by atoms with van der Waals surface area (Å²) in [6.07, 6.45) is 2.74. The molecule has 5 nitrogen and oxygen atoms in total. The molecule has 118 valence electrons. The van der Waals surface area contributed by atoms with Gasteiger partial charge >= 0.3 is 0 Å². The third-order valence-corrected chi connectivity index (χ3v) is 3.76. The van der Waals surface area contributed by atoms with Crippen LogP contribution in [0.15, 0.2) is 6.07 Å². The van der Waals surface area contributed by atoms with Gasteiger partial charge in [-0.1, -0.05) is 13.8 Å². The van der Waals surface area contributed by atoms with Crippen LogP contribution in [0.25, 0.3) is 0 Å². The molecule has 21 heavy (non-hydrogen) atoms. The first kappa shape index (κ1) is 17.9. The lowest BCUT2D eigenvalue weighted by Gasteiger charge is -2.28. The number of aryl methyl sites for hydroxylation is 2. The van der Waals surface area contributed by atoms with E-state index in [-0.39, 0.29) is 18.3 Å². The molecular weight excluding hydrogens is 288 g/mol. The molecule has 0 aromatic carbocycles. The number of aromatic nitrogens is 2. The minimum atomic E-state index is 0. The number of nitrogens with one attached hydrogen (secondary N) is 1. The molecule has 2 rings (SSSR count). The number of rotatable bonds is 5. The molecule has 0 radical (unpaired) electrons. The van der Waals surface area contributed by atoms with Gasteiger partial charge in [-0.25, -0.2) is 0 Å². The van der Waals surface area contributed by atoms with Gasteiger partial charge < -0.3 is 10.2 Å². The molecule has 1 aliphatic heterocycles. The number of hydrogen-bond acceptors (Lipinski definition) is 4. The van der Waals surface area contributed by atoms with E-state index in [1.54, 1.807) is 0 Å². The molecular formula is C15H25ClN4O. The summed E-state index contributed by atoms with van der Waals surface area (Å²) in [5.74, 6) is 0.107. The van der Waals surface area contributed by atoms with E-state index < -0.39 is 0 Å². The van der Waals surface area contributed by atoms with E-state index >= 15 is 0 Å². The number of nitrogens with zero attached hydrogens (tertiary/aromatic N) is 3. The Morgan fingerprint density at radius 3 is 2.76 bits per heavy atom. The predicted molar refractivity (Wildman–Crippen MR) is 86.0 cm³/mol. The summed E-state index contributed by atoms with van der Waals surface area (Å²) in [4.78, 5) is 14.9. The van der Waals surface area contributed by atoms with Crippen molar-refractivity contribution >= 4 is 18.3 Å². The molecule has 1 atom stereocenters. The SMILES string of the molecule is CCCN(C(=O)c1cc(C)nnc1CC)C1CCNC1.Cl. The maximum Gasteiger partial charge on any atom is 0.256 e. The van der Waals surface area contributed by atoms with Crippen LogP contribution in [0.4, 0.5) is 0 Å². The standard InChI is InChI=1S/C15H24N4O.ClH/c1-4-8-19(12-6-7-16-10-12)15(20)13-9-11(3)17-18-14(13)5-2;/h9,12,16H,4-8,10H2,1-3H3;1H. The summed E-state index contributed by atoms with van der Waals surface area (Å²) in [6.45, 7) is 8.69. The van der Waals surface area contributed by atoms with E-state index in [9.17, 15) is 4.79 Å². The molecule has 0 aliphatic carbocycles. The van der Waals surface area contributed by atoms with Crippen molar-refractivity contribution in [2.24, 2.45) is 0 Å². The summed E-state index contributed by atoms with van der Waals surface area (Å²) in [6, 6.07) is 2.18. The number of halogens is 1. The molecule has 1 saturated heterocycles. The van der Waals surface area contributed by atoms with Gasteiger partial charge in [0, 0.05) is 19.1 Å². The first-order chi connectivity index (χ1) is 9.67. The first-order valence-electron chi connectivity index (χ1n) is 7.52. The third-order valence-electron chi connectivity index (χ3n) is 3.76. The highest BCUT2D eigenvalue weighted by molar-refractivity contribution is 5.95. The highest BCUT2D eigenvalue weighted by Gasteiger charge is 2.28. The van der Waals surface area contributed by atoms with Crippen LogP contribution in [0.5, 0.6) is 0 Å². The zero-order valence-electron chi connectivity index (χ0n) is 13.1. The molecule has 6 heteroatoms. The second kappa shape index (κ2) is 8.29. The largest absolute Gasteiger partial charge is 0.334 e. The Kier molecular flexibility index (Phi) is 7.05. The summed E-state index contributed by atoms with van der Waals surface area (Å²) in [5, 5.41) is 11.6. The van der Waals surface area contributed by atoms with Gasteiger partial charge in [0.25, 0.3) is 5.91 Å². The van der Waals surface area contributed by atoms with E-state index in [1.807, 2.05) is 24.8 Å². The third kappa shape index (κ3) is 4.14. The first-order valence-corrected chi connectivity index (χ1v) is 7.52. The monoisotopic (exact) mass is 312 g/mol. The van der Waals surface area contributed by atoms with Crippen LogP contribution in [0.1, 0.15) is 48.4 Å². The van der Waals surface area contributed by atoms with Crippen LogP contribution < -0.4 is 5.32 Å². The Morgan fingerprint density at radius 2 is 2.19 bits per heavy atom. The normalized spacial score (nSPS) is 17.4. The lowest BCUT2D eigenvalue weighted by Crippen LogP contribution is -2.42. The lowest BCUT2D eigenvalue weighted by molar-refractivity contribution is 0.0690. The van der Waals surface area contributed by atoms with Gasteiger partial charge in [0.15, 0.2) is 0 Å². The topological polar surface area (TPSA) is 58.1 Å². The number of carbonyl (C=O) groups is 1. The molecule has 1 amide bonds. The van der Waals surface area contributed by atoms with Crippen LogP contribution in [-0.4, -0.2) is 46.7 Å². The van der Waals surface area contributed by atoms with E-state index in [1.165, 1.54) is 0 Å². The number of carbonyl (C=O) groups excluding carboxylic acids is 1. The fourth-order valence-electron chi connectivity index (χ4n) is 2.71. The highest BCUT2D eigenvalue weighted by Crippen LogP contribution is 2.16. The molecule has 1 aliphatic rings. The quantitative estimate of drug-likeness (QED) is 0.903. The molecule has 1 fully saturated rings. The van der Waals surface area contributed by atoms with Gasteiger partial charge in [0.2, 0.25) is 0 Å². The average molecular weight is 313 g/mol. The molecule has 1 N–H and O–H groups in total. The van der Waals surface area contributed by atoms with E-state index in [4.69, 9.17) is 0 Å². The number of hydrogen-bond donors (Lipinski definition) is 1. The van der Waals surface area contributed by atoms with Crippen molar-refractivity contribution in [2.45, 2.75) is 46.1 Å². The molecule has 1 aromatic rings. The fourth-order valence-corrected chi connectivity index (χ4v) is 2.71. The predicted octanol–water partition coefficient (Wildman–Crippen LogP) is 1.98. The Bertz CT molecular complexity index is 475. The summed E-state index contributed by atoms with van der Waals surface area (Å²) >= 11 is 0. The molecule has 1 aromatic heterocycles. The maximum atomic E-state index is 12.9. The van der Waals surface area contributed by atoms with Gasteiger partial charge in [-0.2, -0.15) is 10.2 Å². The Labute approximate surface area is 132 Å². The van der Waals surface area contributed by atoms with Crippen LogP contribution in [0, 0.1) is 6.92 Å². The summed E-state index contributed by atoms with van der Waals surface area (Å²) in [7, 11) is 0. The molecule has 1 unspecified atom stereocenters. The Balaban J connectivity index is 0.00000220. The van der Waals surface area contributed by atoms with Gasteiger partial charge in [-0.3, -0.25) is 4.79 Å². The maximum absolute atomic E-state index is 12.9. The van der Waals surface area contributed by atoms with Crippen molar-refractivity contribution in [1.82, 2.24) is 20.4 Å². The van der Waals surface area contributed by atoms with Crippen molar-refractivity contribution in [2.75, 3.05) is 19.6 Å². The molecule has 0 spiro atoms. The van der Waals surface area contributed by atoms with Crippen molar-refractivity contribution in [3.63, 3.8) is 0 Å². The van der Waals surface area contributed by atoms with Gasteiger partial charge in [-0.15, -0.1) is 12.4 Å². The van der Waals surface area contributed by atoms with Gasteiger partial charge in [0.1, 0.15) is 0 Å².